The number of rotatable bonds is 4. The van der Waals surface area contributed by atoms with E-state index >= 15 is 0 Å². The average Bonchev–Trinajstić information content (AvgIpc) is 2.98. The van der Waals surface area contributed by atoms with E-state index in [1.165, 1.54) is 12.8 Å². The zero-order valence-electron chi connectivity index (χ0n) is 12.4. The van der Waals surface area contributed by atoms with Gasteiger partial charge in [0.2, 0.25) is 0 Å². The van der Waals surface area contributed by atoms with E-state index < -0.39 is 0 Å². The van der Waals surface area contributed by atoms with Gasteiger partial charge in [0.15, 0.2) is 5.78 Å². The molecule has 2 fully saturated rings. The van der Waals surface area contributed by atoms with Crippen molar-refractivity contribution in [1.29, 1.82) is 0 Å². The molecule has 1 unspecified atom stereocenters. The third-order valence-corrected chi connectivity index (χ3v) is 4.95. The van der Waals surface area contributed by atoms with E-state index in [1.807, 2.05) is 24.3 Å². The van der Waals surface area contributed by atoms with Gasteiger partial charge in [0.05, 0.1) is 6.04 Å². The fraction of sp³-hybridized carbons (Fsp3) is 0.588. The highest BCUT2D eigenvalue weighted by Crippen LogP contribution is 2.26. The molecule has 2 aliphatic rings. The normalized spacial score (nSPS) is 24.3. The fourth-order valence-electron chi connectivity index (χ4n) is 3.68. The SMILES string of the molecule is O=C(Cc1cccc(Cl)c1)C1CCCN1C1CCNCC1. The van der Waals surface area contributed by atoms with Crippen LogP contribution in [-0.4, -0.2) is 42.4 Å². The van der Waals surface area contributed by atoms with E-state index in [9.17, 15) is 4.79 Å². The second-order valence-corrected chi connectivity index (χ2v) is 6.59. The Labute approximate surface area is 131 Å². The van der Waals surface area contributed by atoms with Gasteiger partial charge in [-0.25, -0.2) is 0 Å². The number of halogens is 1. The van der Waals surface area contributed by atoms with Crippen molar-refractivity contribution in [2.75, 3.05) is 19.6 Å². The van der Waals surface area contributed by atoms with Gasteiger partial charge in [-0.15, -0.1) is 0 Å². The van der Waals surface area contributed by atoms with Gasteiger partial charge in [-0.3, -0.25) is 9.69 Å². The lowest BCUT2D eigenvalue weighted by molar-refractivity contribution is -0.123. The van der Waals surface area contributed by atoms with Crippen LogP contribution in [0.2, 0.25) is 5.02 Å². The Morgan fingerprint density at radius 3 is 2.86 bits per heavy atom. The predicted octanol–water partition coefficient (Wildman–Crippen LogP) is 2.67. The zero-order chi connectivity index (χ0) is 14.7. The molecule has 4 heteroatoms. The van der Waals surface area contributed by atoms with E-state index in [0.717, 1.165) is 38.0 Å². The summed E-state index contributed by atoms with van der Waals surface area (Å²) in [6.45, 7) is 3.24. The fourth-order valence-corrected chi connectivity index (χ4v) is 3.89. The summed E-state index contributed by atoms with van der Waals surface area (Å²) < 4.78 is 0. The van der Waals surface area contributed by atoms with Crippen molar-refractivity contribution in [2.24, 2.45) is 0 Å². The Morgan fingerprint density at radius 1 is 1.29 bits per heavy atom. The van der Waals surface area contributed by atoms with Crippen molar-refractivity contribution < 1.29 is 4.79 Å². The Morgan fingerprint density at radius 2 is 2.10 bits per heavy atom. The minimum atomic E-state index is 0.118. The van der Waals surface area contributed by atoms with Gasteiger partial charge in [0, 0.05) is 17.5 Å². The number of carbonyl (C=O) groups excluding carboxylic acids is 1. The number of likely N-dealkylation sites (tertiary alicyclic amines) is 1. The highest BCUT2D eigenvalue weighted by Gasteiger charge is 2.35. The summed E-state index contributed by atoms with van der Waals surface area (Å²) in [6.07, 6.45) is 5.01. The molecule has 0 aliphatic carbocycles. The van der Waals surface area contributed by atoms with Gasteiger partial charge < -0.3 is 5.32 Å². The Bertz CT molecular complexity index is 499. The molecule has 0 spiro atoms. The quantitative estimate of drug-likeness (QED) is 0.928. The van der Waals surface area contributed by atoms with E-state index in [-0.39, 0.29) is 6.04 Å². The number of nitrogens with zero attached hydrogens (tertiary/aromatic N) is 1. The molecule has 114 valence electrons. The molecule has 0 amide bonds. The molecule has 0 saturated carbocycles. The number of carbonyl (C=O) groups is 1. The number of piperidine rings is 1. The van der Waals surface area contributed by atoms with Crippen LogP contribution in [0.1, 0.15) is 31.2 Å². The van der Waals surface area contributed by atoms with Crippen LogP contribution in [0, 0.1) is 0 Å². The summed E-state index contributed by atoms with van der Waals surface area (Å²) in [6, 6.07) is 8.38. The van der Waals surface area contributed by atoms with E-state index in [1.54, 1.807) is 0 Å². The van der Waals surface area contributed by atoms with Crippen molar-refractivity contribution in [3.63, 3.8) is 0 Å². The van der Waals surface area contributed by atoms with Crippen LogP contribution in [0.3, 0.4) is 0 Å². The van der Waals surface area contributed by atoms with Crippen LogP contribution in [-0.2, 0) is 11.2 Å². The van der Waals surface area contributed by atoms with Crippen LogP contribution in [0.25, 0.3) is 0 Å². The first-order chi connectivity index (χ1) is 10.2. The third kappa shape index (κ3) is 3.65. The van der Waals surface area contributed by atoms with Gasteiger partial charge in [-0.05, 0) is 63.0 Å². The van der Waals surface area contributed by atoms with Crippen molar-refractivity contribution in [1.82, 2.24) is 10.2 Å². The zero-order valence-corrected chi connectivity index (χ0v) is 13.1. The number of Topliss-reactive ketones (excluding diaryl/α,β-unsaturated/α-hetero) is 1. The van der Waals surface area contributed by atoms with Crippen LogP contribution < -0.4 is 5.32 Å². The molecular weight excluding hydrogens is 284 g/mol. The van der Waals surface area contributed by atoms with Gasteiger partial charge in [-0.1, -0.05) is 23.7 Å². The summed E-state index contributed by atoms with van der Waals surface area (Å²) in [7, 11) is 0. The molecular formula is C17H23ClN2O. The van der Waals surface area contributed by atoms with E-state index in [2.05, 4.69) is 10.2 Å². The minimum absolute atomic E-state index is 0.118. The minimum Gasteiger partial charge on any atom is -0.317 e. The predicted molar refractivity (Wildman–Crippen MR) is 85.8 cm³/mol. The lowest BCUT2D eigenvalue weighted by Gasteiger charge is -2.35. The molecule has 1 aromatic rings. The summed E-state index contributed by atoms with van der Waals surface area (Å²) in [5.74, 6) is 0.355. The number of hydrogen-bond donors (Lipinski definition) is 1. The Kier molecular flexibility index (Phi) is 4.94. The number of nitrogens with one attached hydrogen (secondary N) is 1. The topological polar surface area (TPSA) is 32.3 Å². The van der Waals surface area contributed by atoms with Crippen molar-refractivity contribution in [2.45, 2.75) is 44.2 Å². The summed E-state index contributed by atoms with van der Waals surface area (Å²) in [5, 5.41) is 4.11. The van der Waals surface area contributed by atoms with Gasteiger partial charge >= 0.3 is 0 Å². The molecule has 1 aromatic carbocycles. The highest BCUT2D eigenvalue weighted by molar-refractivity contribution is 6.30. The van der Waals surface area contributed by atoms with Gasteiger partial charge in [-0.2, -0.15) is 0 Å². The molecule has 1 atom stereocenters. The molecule has 0 radical (unpaired) electrons. The van der Waals surface area contributed by atoms with Crippen LogP contribution in [0.15, 0.2) is 24.3 Å². The van der Waals surface area contributed by atoms with Gasteiger partial charge in [0.1, 0.15) is 0 Å². The number of benzene rings is 1. The molecule has 0 bridgehead atoms. The van der Waals surface area contributed by atoms with Crippen LogP contribution >= 0.6 is 11.6 Å². The van der Waals surface area contributed by atoms with Crippen molar-refractivity contribution in [3.8, 4) is 0 Å². The first-order valence-corrected chi connectivity index (χ1v) is 8.35. The molecule has 3 rings (SSSR count). The molecule has 0 aromatic heterocycles. The summed E-state index contributed by atoms with van der Waals surface area (Å²) >= 11 is 6.01. The first kappa shape index (κ1) is 15.0. The maximum absolute atomic E-state index is 12.7. The largest absolute Gasteiger partial charge is 0.317 e. The van der Waals surface area contributed by atoms with Crippen molar-refractivity contribution in [3.05, 3.63) is 34.9 Å². The third-order valence-electron chi connectivity index (χ3n) is 4.71. The van der Waals surface area contributed by atoms with E-state index in [0.29, 0.717) is 23.3 Å². The standard InChI is InChI=1S/C17H23ClN2O/c18-14-4-1-3-13(11-14)12-17(21)16-5-2-10-20(16)15-6-8-19-9-7-15/h1,3-4,11,15-16,19H,2,5-10,12H2. The average molecular weight is 307 g/mol. The second-order valence-electron chi connectivity index (χ2n) is 6.15. The molecule has 2 aliphatic heterocycles. The monoisotopic (exact) mass is 306 g/mol. The van der Waals surface area contributed by atoms with Crippen LogP contribution in [0.4, 0.5) is 0 Å². The Hall–Kier alpha value is -0.900. The molecule has 2 saturated heterocycles. The summed E-state index contributed by atoms with van der Waals surface area (Å²) in [5.41, 5.74) is 1.03. The van der Waals surface area contributed by atoms with E-state index in [4.69, 9.17) is 11.6 Å². The molecule has 21 heavy (non-hydrogen) atoms. The smallest absolute Gasteiger partial charge is 0.154 e. The maximum atomic E-state index is 12.7. The Balaban J connectivity index is 1.65. The number of ketones is 1. The van der Waals surface area contributed by atoms with Gasteiger partial charge in [0.25, 0.3) is 0 Å². The van der Waals surface area contributed by atoms with Crippen LogP contribution in [0.5, 0.6) is 0 Å². The highest BCUT2D eigenvalue weighted by atomic mass is 35.5. The molecule has 2 heterocycles. The summed E-state index contributed by atoms with van der Waals surface area (Å²) in [4.78, 5) is 15.1. The first-order valence-electron chi connectivity index (χ1n) is 7.97. The molecule has 1 N–H and O–H groups in total. The lowest BCUT2D eigenvalue weighted by Crippen LogP contribution is -2.48. The second kappa shape index (κ2) is 6.91. The lowest BCUT2D eigenvalue weighted by atomic mass is 9.98. The number of hydrogen-bond acceptors (Lipinski definition) is 3. The molecule has 3 nitrogen and oxygen atoms in total. The van der Waals surface area contributed by atoms with Crippen molar-refractivity contribution >= 4 is 17.4 Å². The maximum Gasteiger partial charge on any atom is 0.154 e.